The maximum atomic E-state index is 12.9. The zero-order valence-electron chi connectivity index (χ0n) is 14.5. The summed E-state index contributed by atoms with van der Waals surface area (Å²) in [5, 5.41) is 5.82. The van der Waals surface area contributed by atoms with Crippen LogP contribution in [0.5, 0.6) is 0 Å². The van der Waals surface area contributed by atoms with Crippen LogP contribution in [0.3, 0.4) is 0 Å². The van der Waals surface area contributed by atoms with E-state index in [-0.39, 0.29) is 5.52 Å². The number of aromatic nitrogens is 3. The molecule has 4 rings (SSSR count). The minimum Gasteiger partial charge on any atom is -0.337 e. The first-order valence-corrected chi connectivity index (χ1v) is 9.05. The van der Waals surface area contributed by atoms with Crippen molar-refractivity contribution in [1.82, 2.24) is 15.0 Å². The van der Waals surface area contributed by atoms with E-state index in [1.54, 1.807) is 0 Å². The van der Waals surface area contributed by atoms with Crippen LogP contribution >= 0.6 is 11.3 Å². The molecule has 0 unspecified atom stereocenters. The number of hydrogen-bond donors (Lipinski definition) is 2. The SMILES string of the molecule is Cc1cccc(C)c1Nc1nc(-c2nc3cc(C(F)(F)F)ccc3[nH]2)cs1. The topological polar surface area (TPSA) is 53.6 Å². The van der Waals surface area contributed by atoms with E-state index in [4.69, 9.17) is 0 Å². The lowest BCUT2D eigenvalue weighted by molar-refractivity contribution is -0.137. The van der Waals surface area contributed by atoms with Crippen molar-refractivity contribution in [1.29, 1.82) is 0 Å². The second-order valence-corrected chi connectivity index (χ2v) is 7.10. The molecule has 0 aliphatic carbocycles. The van der Waals surface area contributed by atoms with Crippen molar-refractivity contribution in [3.8, 4) is 11.5 Å². The Morgan fingerprint density at radius 2 is 1.78 bits per heavy atom. The van der Waals surface area contributed by atoms with Gasteiger partial charge in [0.15, 0.2) is 11.0 Å². The van der Waals surface area contributed by atoms with Crippen LogP contribution in [0.2, 0.25) is 0 Å². The fourth-order valence-corrected chi connectivity index (χ4v) is 3.56. The summed E-state index contributed by atoms with van der Waals surface area (Å²) in [7, 11) is 0. The Hall–Kier alpha value is -2.87. The van der Waals surface area contributed by atoms with Crippen LogP contribution in [0.1, 0.15) is 16.7 Å². The largest absolute Gasteiger partial charge is 0.416 e. The fourth-order valence-electron chi connectivity index (χ4n) is 2.86. The molecule has 4 nitrogen and oxygen atoms in total. The van der Waals surface area contributed by atoms with Crippen molar-refractivity contribution in [2.75, 3.05) is 5.32 Å². The van der Waals surface area contributed by atoms with E-state index in [9.17, 15) is 13.2 Å². The summed E-state index contributed by atoms with van der Waals surface area (Å²) in [6, 6.07) is 9.49. The molecule has 0 saturated heterocycles. The van der Waals surface area contributed by atoms with Gasteiger partial charge in [0.2, 0.25) is 0 Å². The summed E-state index contributed by atoms with van der Waals surface area (Å²) in [5.74, 6) is 0.440. The van der Waals surface area contributed by atoms with Gasteiger partial charge in [0, 0.05) is 11.1 Å². The number of H-pyrrole nitrogens is 1. The molecule has 2 aromatic heterocycles. The third kappa shape index (κ3) is 3.40. The molecule has 0 amide bonds. The number of fused-ring (bicyclic) bond motifs is 1. The highest BCUT2D eigenvalue weighted by molar-refractivity contribution is 7.14. The molecule has 2 N–H and O–H groups in total. The molecule has 8 heteroatoms. The molecule has 0 aliphatic heterocycles. The molecule has 2 aromatic carbocycles. The zero-order chi connectivity index (χ0) is 19.2. The number of aromatic amines is 1. The number of nitrogens with one attached hydrogen (secondary N) is 2. The number of anilines is 2. The van der Waals surface area contributed by atoms with Crippen molar-refractivity contribution in [3.05, 3.63) is 58.5 Å². The number of para-hydroxylation sites is 1. The number of alkyl halides is 3. The van der Waals surface area contributed by atoms with E-state index < -0.39 is 11.7 Å². The van der Waals surface area contributed by atoms with E-state index in [1.165, 1.54) is 17.4 Å². The number of rotatable bonds is 3. The molecule has 0 fully saturated rings. The van der Waals surface area contributed by atoms with Crippen LogP contribution in [-0.2, 0) is 6.18 Å². The lowest BCUT2D eigenvalue weighted by atomic mass is 10.1. The first-order valence-electron chi connectivity index (χ1n) is 8.17. The van der Waals surface area contributed by atoms with E-state index in [2.05, 4.69) is 20.3 Å². The summed E-state index contributed by atoms with van der Waals surface area (Å²) in [6.45, 7) is 4.03. The van der Waals surface area contributed by atoms with Crippen molar-refractivity contribution in [3.63, 3.8) is 0 Å². The average molecular weight is 388 g/mol. The molecule has 0 spiro atoms. The molecule has 2 heterocycles. The number of thiazole rings is 1. The lowest BCUT2D eigenvalue weighted by Crippen LogP contribution is -2.04. The van der Waals surface area contributed by atoms with Crippen molar-refractivity contribution in [2.45, 2.75) is 20.0 Å². The van der Waals surface area contributed by atoms with Gasteiger partial charge in [0.25, 0.3) is 0 Å². The Balaban J connectivity index is 1.65. The van der Waals surface area contributed by atoms with Gasteiger partial charge in [-0.25, -0.2) is 9.97 Å². The van der Waals surface area contributed by atoms with Crippen molar-refractivity contribution in [2.24, 2.45) is 0 Å². The van der Waals surface area contributed by atoms with Crippen LogP contribution in [0.15, 0.2) is 41.8 Å². The minimum atomic E-state index is -4.39. The second kappa shape index (κ2) is 6.38. The molecule has 0 atom stereocenters. The van der Waals surface area contributed by atoms with E-state index in [1.807, 2.05) is 37.4 Å². The molecule has 0 saturated carbocycles. The highest BCUT2D eigenvalue weighted by atomic mass is 32.1. The fraction of sp³-hybridized carbons (Fsp3) is 0.158. The summed E-state index contributed by atoms with van der Waals surface area (Å²) in [5.41, 5.74) is 3.87. The number of halogens is 3. The minimum absolute atomic E-state index is 0.261. The summed E-state index contributed by atoms with van der Waals surface area (Å²) in [4.78, 5) is 11.8. The number of benzene rings is 2. The Bertz CT molecular complexity index is 1110. The van der Waals surface area contributed by atoms with Gasteiger partial charge < -0.3 is 10.3 Å². The predicted octanol–water partition coefficient (Wildman–Crippen LogP) is 6.07. The molecule has 138 valence electrons. The third-order valence-corrected chi connectivity index (χ3v) is 5.03. The van der Waals surface area contributed by atoms with Crippen LogP contribution in [-0.4, -0.2) is 15.0 Å². The Morgan fingerprint density at radius 1 is 1.04 bits per heavy atom. The Morgan fingerprint density at radius 3 is 2.48 bits per heavy atom. The van der Waals surface area contributed by atoms with Crippen LogP contribution in [0.4, 0.5) is 24.0 Å². The quantitative estimate of drug-likeness (QED) is 0.448. The zero-order valence-corrected chi connectivity index (χ0v) is 15.3. The first kappa shape index (κ1) is 17.5. The maximum absolute atomic E-state index is 12.9. The van der Waals surface area contributed by atoms with E-state index in [0.29, 0.717) is 22.2 Å². The maximum Gasteiger partial charge on any atom is 0.416 e. The highest BCUT2D eigenvalue weighted by Gasteiger charge is 2.30. The Kier molecular flexibility index (Phi) is 4.15. The Labute approximate surface area is 157 Å². The molecule has 0 aliphatic rings. The van der Waals surface area contributed by atoms with Crippen LogP contribution < -0.4 is 5.32 Å². The van der Waals surface area contributed by atoms with Gasteiger partial charge in [-0.15, -0.1) is 11.3 Å². The van der Waals surface area contributed by atoms with Gasteiger partial charge in [-0.1, -0.05) is 18.2 Å². The van der Waals surface area contributed by atoms with Gasteiger partial charge in [-0.3, -0.25) is 0 Å². The number of nitrogens with zero attached hydrogens (tertiary/aromatic N) is 2. The number of imidazole rings is 1. The molecule has 0 radical (unpaired) electrons. The second-order valence-electron chi connectivity index (χ2n) is 6.24. The van der Waals surface area contributed by atoms with Crippen molar-refractivity contribution >= 4 is 33.2 Å². The summed E-state index contributed by atoms with van der Waals surface area (Å²) >= 11 is 1.41. The van der Waals surface area contributed by atoms with Gasteiger partial charge in [0.05, 0.1) is 16.6 Å². The third-order valence-electron chi connectivity index (χ3n) is 4.27. The summed E-state index contributed by atoms with van der Waals surface area (Å²) in [6.07, 6.45) is -4.39. The van der Waals surface area contributed by atoms with Crippen LogP contribution in [0, 0.1) is 13.8 Å². The number of aryl methyl sites for hydroxylation is 2. The molecule has 27 heavy (non-hydrogen) atoms. The predicted molar refractivity (Wildman–Crippen MR) is 101 cm³/mol. The molecular formula is C19H15F3N4S. The van der Waals surface area contributed by atoms with Gasteiger partial charge in [-0.05, 0) is 43.2 Å². The monoisotopic (exact) mass is 388 g/mol. The van der Waals surface area contributed by atoms with Gasteiger partial charge in [-0.2, -0.15) is 13.2 Å². The molecular weight excluding hydrogens is 373 g/mol. The van der Waals surface area contributed by atoms with E-state index >= 15 is 0 Å². The first-order chi connectivity index (χ1) is 12.8. The molecule has 4 aromatic rings. The lowest BCUT2D eigenvalue weighted by Gasteiger charge is -2.09. The smallest absolute Gasteiger partial charge is 0.337 e. The molecule has 0 bridgehead atoms. The standard InChI is InChI=1S/C19H15F3N4S/c1-10-4-3-5-11(2)16(10)26-18-25-15(9-27-18)17-23-13-7-6-12(19(20,21)22)8-14(13)24-17/h3-9H,1-2H3,(H,23,24)(H,25,26). The number of hydrogen-bond acceptors (Lipinski definition) is 4. The van der Waals surface area contributed by atoms with Gasteiger partial charge in [0.1, 0.15) is 5.69 Å². The van der Waals surface area contributed by atoms with E-state index in [0.717, 1.165) is 28.9 Å². The van der Waals surface area contributed by atoms with Crippen molar-refractivity contribution < 1.29 is 13.2 Å². The summed E-state index contributed by atoms with van der Waals surface area (Å²) < 4.78 is 38.6. The average Bonchev–Trinajstić information content (AvgIpc) is 3.23. The van der Waals surface area contributed by atoms with Crippen LogP contribution in [0.25, 0.3) is 22.6 Å². The van der Waals surface area contributed by atoms with Gasteiger partial charge >= 0.3 is 6.18 Å². The highest BCUT2D eigenvalue weighted by Crippen LogP contribution is 2.33. The normalized spacial score (nSPS) is 11.9.